The molecule has 0 spiro atoms. The molecule has 6 nitrogen and oxygen atoms in total. The summed E-state index contributed by atoms with van der Waals surface area (Å²) in [6.07, 6.45) is -2.28. The van der Waals surface area contributed by atoms with Crippen LogP contribution in [0.3, 0.4) is 0 Å². The van der Waals surface area contributed by atoms with Gasteiger partial charge in [0.2, 0.25) is 0 Å². The fraction of sp³-hybridized carbons (Fsp3) is 0.292. The number of carbonyl (C=O) groups excluding carboxylic acids is 1. The van der Waals surface area contributed by atoms with Crippen molar-refractivity contribution in [1.29, 1.82) is 5.26 Å². The molecule has 1 aromatic heterocycles. The van der Waals surface area contributed by atoms with Crippen LogP contribution in [0.5, 0.6) is 0 Å². The summed E-state index contributed by atoms with van der Waals surface area (Å²) in [6, 6.07) is 6.47. The Labute approximate surface area is 194 Å². The van der Waals surface area contributed by atoms with Crippen LogP contribution in [0.1, 0.15) is 54.9 Å². The molecule has 1 heterocycles. The summed E-state index contributed by atoms with van der Waals surface area (Å²) in [5.74, 6) is -1.37. The van der Waals surface area contributed by atoms with Gasteiger partial charge in [0.15, 0.2) is 0 Å². The van der Waals surface area contributed by atoms with Crippen LogP contribution < -0.4 is 5.32 Å². The number of nitrogens with zero attached hydrogens (tertiary/aromatic N) is 4. The Hall–Kier alpha value is -3.87. The Balaban J connectivity index is 2.51. The maximum absolute atomic E-state index is 13.5. The van der Waals surface area contributed by atoms with Crippen LogP contribution in [0.25, 0.3) is 5.70 Å². The third kappa shape index (κ3) is 6.13. The van der Waals surface area contributed by atoms with Crippen molar-refractivity contribution in [3.8, 4) is 6.07 Å². The zero-order chi connectivity index (χ0) is 25.7. The van der Waals surface area contributed by atoms with Crippen molar-refractivity contribution in [1.82, 2.24) is 10.3 Å². The standard InChI is InChI=1S/C24H23F4N5O/c1-6-31-21(19-8-7-18(25)12-32-19)20(30-5)14(2)33-22(34)15-9-16(23(3,4)13-29)11-17(10-15)24(26,27)28/h6-12,14H,5H2,1-4H3,(H,33,34)/b21-20-,31-6?. The number of nitrogens with one attached hydrogen (secondary N) is 1. The molecular formula is C24H23F4N5O. The van der Waals surface area contributed by atoms with E-state index < -0.39 is 34.9 Å². The van der Waals surface area contributed by atoms with Gasteiger partial charge in [0, 0.05) is 11.8 Å². The minimum Gasteiger partial charge on any atom is -0.344 e. The quantitative estimate of drug-likeness (QED) is 0.436. The number of hydrogen-bond donors (Lipinski definition) is 1. The van der Waals surface area contributed by atoms with E-state index in [1.54, 1.807) is 13.8 Å². The van der Waals surface area contributed by atoms with Gasteiger partial charge in [-0.25, -0.2) is 4.39 Å². The number of carbonyl (C=O) groups is 1. The maximum atomic E-state index is 13.5. The molecule has 34 heavy (non-hydrogen) atoms. The number of alkyl halides is 3. The molecule has 0 bridgehead atoms. The van der Waals surface area contributed by atoms with E-state index in [1.807, 2.05) is 6.07 Å². The van der Waals surface area contributed by atoms with E-state index in [0.29, 0.717) is 0 Å². The van der Waals surface area contributed by atoms with Crippen molar-refractivity contribution in [2.75, 3.05) is 0 Å². The molecule has 1 unspecified atom stereocenters. The summed E-state index contributed by atoms with van der Waals surface area (Å²) in [5, 5.41) is 11.9. The number of nitriles is 1. The largest absolute Gasteiger partial charge is 0.416 e. The Morgan fingerprint density at radius 2 is 1.88 bits per heavy atom. The third-order valence-electron chi connectivity index (χ3n) is 4.92. The summed E-state index contributed by atoms with van der Waals surface area (Å²) in [4.78, 5) is 25.0. The zero-order valence-corrected chi connectivity index (χ0v) is 19.0. The smallest absolute Gasteiger partial charge is 0.344 e. The molecule has 2 rings (SSSR count). The van der Waals surface area contributed by atoms with Crippen LogP contribution in [0.15, 0.2) is 52.2 Å². The van der Waals surface area contributed by atoms with E-state index in [4.69, 9.17) is 0 Å². The number of halogens is 4. The number of amides is 1. The summed E-state index contributed by atoms with van der Waals surface area (Å²) in [6.45, 7) is 9.59. The molecule has 0 aliphatic heterocycles. The minimum absolute atomic E-state index is 0.0482. The Bertz CT molecular complexity index is 1180. The van der Waals surface area contributed by atoms with E-state index in [9.17, 15) is 27.6 Å². The van der Waals surface area contributed by atoms with E-state index in [0.717, 1.165) is 18.3 Å². The maximum Gasteiger partial charge on any atom is 0.416 e. The van der Waals surface area contributed by atoms with Gasteiger partial charge in [-0.05, 0) is 70.3 Å². The molecule has 0 fully saturated rings. The normalized spacial score (nSPS) is 13.7. The molecule has 1 amide bonds. The Kier molecular flexibility index (Phi) is 8.05. The molecule has 0 radical (unpaired) electrons. The molecule has 0 saturated carbocycles. The first-order chi connectivity index (χ1) is 15.8. The molecule has 2 aromatic rings. The van der Waals surface area contributed by atoms with Crippen molar-refractivity contribution in [3.63, 3.8) is 0 Å². The van der Waals surface area contributed by atoms with E-state index in [2.05, 4.69) is 27.0 Å². The van der Waals surface area contributed by atoms with Gasteiger partial charge in [0.05, 0.1) is 40.7 Å². The Morgan fingerprint density at radius 3 is 2.38 bits per heavy atom. The topological polar surface area (TPSA) is 90.5 Å². The van der Waals surface area contributed by atoms with Gasteiger partial charge in [-0.3, -0.25) is 19.8 Å². The second kappa shape index (κ2) is 10.4. The predicted octanol–water partition coefficient (Wildman–Crippen LogP) is 5.32. The van der Waals surface area contributed by atoms with Crippen LogP contribution in [0, 0.1) is 17.1 Å². The number of pyridine rings is 1. The summed E-state index contributed by atoms with van der Waals surface area (Å²) in [7, 11) is 0. The van der Waals surface area contributed by atoms with Crippen molar-refractivity contribution < 1.29 is 22.4 Å². The van der Waals surface area contributed by atoms with Gasteiger partial charge in [0.25, 0.3) is 5.91 Å². The van der Waals surface area contributed by atoms with Gasteiger partial charge < -0.3 is 5.32 Å². The lowest BCUT2D eigenvalue weighted by molar-refractivity contribution is -0.137. The van der Waals surface area contributed by atoms with Crippen LogP contribution >= 0.6 is 0 Å². The summed E-state index contributed by atoms with van der Waals surface area (Å²) >= 11 is 0. The van der Waals surface area contributed by atoms with Crippen LogP contribution in [0.2, 0.25) is 0 Å². The highest BCUT2D eigenvalue weighted by atomic mass is 19.4. The minimum atomic E-state index is -4.72. The molecule has 0 aliphatic rings. The lowest BCUT2D eigenvalue weighted by Gasteiger charge is -2.21. The van der Waals surface area contributed by atoms with E-state index in [-0.39, 0.29) is 28.2 Å². The van der Waals surface area contributed by atoms with Gasteiger partial charge >= 0.3 is 6.18 Å². The average Bonchev–Trinajstić information content (AvgIpc) is 2.78. The monoisotopic (exact) mass is 473 g/mol. The highest BCUT2D eigenvalue weighted by Crippen LogP contribution is 2.34. The first-order valence-corrected chi connectivity index (χ1v) is 10.1. The number of rotatable bonds is 7. The first kappa shape index (κ1) is 26.4. The molecule has 0 saturated heterocycles. The van der Waals surface area contributed by atoms with Gasteiger partial charge in [0.1, 0.15) is 11.5 Å². The highest BCUT2D eigenvalue weighted by Gasteiger charge is 2.34. The molecule has 0 aliphatic carbocycles. The van der Waals surface area contributed by atoms with E-state index >= 15 is 0 Å². The molecule has 10 heteroatoms. The lowest BCUT2D eigenvalue weighted by Crippen LogP contribution is -2.34. The fourth-order valence-electron chi connectivity index (χ4n) is 3.02. The van der Waals surface area contributed by atoms with E-state index in [1.165, 1.54) is 38.3 Å². The third-order valence-corrected chi connectivity index (χ3v) is 4.92. The van der Waals surface area contributed by atoms with Crippen molar-refractivity contribution in [2.24, 2.45) is 9.98 Å². The SMILES string of the molecule is C=N/C(=C(\N=CC)c1ccc(F)cn1)C(C)NC(=O)c1cc(C(F)(F)F)cc(C(C)(C)C#N)c1. The molecule has 178 valence electrons. The van der Waals surface area contributed by atoms with Crippen molar-refractivity contribution in [2.45, 2.75) is 45.3 Å². The first-order valence-electron chi connectivity index (χ1n) is 10.1. The molecule has 1 N–H and O–H groups in total. The number of hydrogen-bond acceptors (Lipinski definition) is 5. The van der Waals surface area contributed by atoms with Gasteiger partial charge in [-0.1, -0.05) is 0 Å². The number of benzene rings is 1. The molecule has 1 atom stereocenters. The van der Waals surface area contributed by atoms with Crippen molar-refractivity contribution >= 4 is 24.5 Å². The second-order valence-corrected chi connectivity index (χ2v) is 7.87. The Morgan fingerprint density at radius 1 is 1.24 bits per heavy atom. The van der Waals surface area contributed by atoms with Crippen LogP contribution in [0.4, 0.5) is 17.6 Å². The predicted molar refractivity (Wildman–Crippen MR) is 122 cm³/mol. The average molecular weight is 473 g/mol. The second-order valence-electron chi connectivity index (χ2n) is 7.87. The zero-order valence-electron chi connectivity index (χ0n) is 19.0. The van der Waals surface area contributed by atoms with Gasteiger partial charge in [-0.15, -0.1) is 0 Å². The van der Waals surface area contributed by atoms with Crippen LogP contribution in [-0.4, -0.2) is 29.9 Å². The number of aromatic nitrogens is 1. The lowest BCUT2D eigenvalue weighted by atomic mass is 9.84. The summed E-state index contributed by atoms with van der Waals surface area (Å²) < 4.78 is 53.7. The molecular weight excluding hydrogens is 450 g/mol. The van der Waals surface area contributed by atoms with Crippen LogP contribution in [-0.2, 0) is 11.6 Å². The number of aliphatic imine (C=N–C) groups is 2. The summed E-state index contributed by atoms with van der Waals surface area (Å²) in [5.41, 5.74) is -1.88. The van der Waals surface area contributed by atoms with Crippen molar-refractivity contribution in [3.05, 3.63) is 70.4 Å². The highest BCUT2D eigenvalue weighted by molar-refractivity contribution is 5.95. The molecule has 1 aromatic carbocycles. The van der Waals surface area contributed by atoms with Gasteiger partial charge in [-0.2, -0.15) is 18.4 Å². The fourth-order valence-corrected chi connectivity index (χ4v) is 3.02.